The summed E-state index contributed by atoms with van der Waals surface area (Å²) < 4.78 is 5.90. The number of ether oxygens (including phenoxy) is 1. The molecule has 0 amide bonds. The number of phenols is 1. The lowest BCUT2D eigenvalue weighted by Crippen LogP contribution is -2.34. The van der Waals surface area contributed by atoms with Gasteiger partial charge in [-0.2, -0.15) is 0 Å². The molecule has 0 saturated carbocycles. The van der Waals surface area contributed by atoms with Crippen LogP contribution in [0.1, 0.15) is 32.3 Å². The molecule has 4 heteroatoms. The highest BCUT2D eigenvalue weighted by Gasteiger charge is 2.22. The molecule has 1 saturated heterocycles. The maximum absolute atomic E-state index is 9.84. The Hall–Kier alpha value is -0.740. The predicted octanol–water partition coefficient (Wildman–Crippen LogP) is 4.03. The third-order valence-corrected chi connectivity index (χ3v) is 4.89. The van der Waals surface area contributed by atoms with Gasteiger partial charge in [-0.25, -0.2) is 0 Å². The molecule has 0 radical (unpaired) electrons. The van der Waals surface area contributed by atoms with Crippen LogP contribution in [0.25, 0.3) is 0 Å². The van der Waals surface area contributed by atoms with Crippen LogP contribution in [0, 0.1) is 11.8 Å². The molecule has 1 N–H and O–H groups in total. The van der Waals surface area contributed by atoms with Crippen LogP contribution in [0.4, 0.5) is 0 Å². The van der Waals surface area contributed by atoms with E-state index in [1.54, 1.807) is 7.11 Å². The second kappa shape index (κ2) is 6.81. The fraction of sp³-hybridized carbons (Fsp3) is 0.625. The SMILES string of the molecule is COc1cc(CN2CCC(C(C)C)CC2)cc(Br)c1O. The van der Waals surface area contributed by atoms with E-state index in [-0.39, 0.29) is 5.75 Å². The Kier molecular flexibility index (Phi) is 5.33. The average molecular weight is 342 g/mol. The van der Waals surface area contributed by atoms with Crippen LogP contribution in [-0.2, 0) is 6.54 Å². The largest absolute Gasteiger partial charge is 0.503 e. The molecule has 3 nitrogen and oxygen atoms in total. The molecule has 0 aromatic heterocycles. The zero-order chi connectivity index (χ0) is 14.7. The van der Waals surface area contributed by atoms with E-state index in [1.807, 2.05) is 12.1 Å². The molecule has 1 aliphatic heterocycles. The number of benzene rings is 1. The van der Waals surface area contributed by atoms with Crippen LogP contribution in [0.5, 0.6) is 11.5 Å². The van der Waals surface area contributed by atoms with Crippen LogP contribution < -0.4 is 4.74 Å². The van der Waals surface area contributed by atoms with Crippen molar-refractivity contribution in [2.45, 2.75) is 33.2 Å². The second-order valence-electron chi connectivity index (χ2n) is 5.99. The first-order valence-corrected chi connectivity index (χ1v) is 8.08. The van der Waals surface area contributed by atoms with Crippen molar-refractivity contribution >= 4 is 15.9 Å². The highest BCUT2D eigenvalue weighted by atomic mass is 79.9. The number of hydrogen-bond acceptors (Lipinski definition) is 3. The molecule has 0 bridgehead atoms. The molecule has 1 aromatic rings. The van der Waals surface area contributed by atoms with Gasteiger partial charge in [-0.1, -0.05) is 13.8 Å². The summed E-state index contributed by atoms with van der Waals surface area (Å²) in [4.78, 5) is 2.48. The molecule has 112 valence electrons. The fourth-order valence-corrected chi connectivity index (χ4v) is 3.40. The van der Waals surface area contributed by atoms with Gasteiger partial charge in [-0.15, -0.1) is 0 Å². The molecule has 1 aromatic carbocycles. The van der Waals surface area contributed by atoms with Crippen molar-refractivity contribution in [3.63, 3.8) is 0 Å². The summed E-state index contributed by atoms with van der Waals surface area (Å²) in [5, 5.41) is 9.84. The molecule has 20 heavy (non-hydrogen) atoms. The third kappa shape index (κ3) is 3.67. The Balaban J connectivity index is 1.99. The van der Waals surface area contributed by atoms with Crippen molar-refractivity contribution in [1.82, 2.24) is 4.90 Å². The molecule has 0 spiro atoms. The first kappa shape index (κ1) is 15.6. The fourth-order valence-electron chi connectivity index (χ4n) is 2.91. The number of phenolic OH excluding ortho intramolecular Hbond substituents is 1. The smallest absolute Gasteiger partial charge is 0.172 e. The number of nitrogens with zero attached hydrogens (tertiary/aromatic N) is 1. The van der Waals surface area contributed by atoms with E-state index in [9.17, 15) is 5.11 Å². The van der Waals surface area contributed by atoms with Gasteiger partial charge in [0.25, 0.3) is 0 Å². The molecule has 0 aliphatic carbocycles. The van der Waals surface area contributed by atoms with E-state index in [0.29, 0.717) is 10.2 Å². The van der Waals surface area contributed by atoms with Crippen LogP contribution >= 0.6 is 15.9 Å². The van der Waals surface area contributed by atoms with Crippen LogP contribution in [-0.4, -0.2) is 30.2 Å². The van der Waals surface area contributed by atoms with E-state index in [1.165, 1.54) is 18.4 Å². The Morgan fingerprint density at radius 1 is 1.35 bits per heavy atom. The lowest BCUT2D eigenvalue weighted by Gasteiger charge is -2.34. The molecule has 2 rings (SSSR count). The molecular weight excluding hydrogens is 318 g/mol. The summed E-state index contributed by atoms with van der Waals surface area (Å²) in [7, 11) is 1.58. The van der Waals surface area contributed by atoms with Gasteiger partial charge in [-0.3, -0.25) is 4.90 Å². The van der Waals surface area contributed by atoms with E-state index in [0.717, 1.165) is 31.5 Å². The minimum Gasteiger partial charge on any atom is -0.503 e. The number of likely N-dealkylation sites (tertiary alicyclic amines) is 1. The summed E-state index contributed by atoms with van der Waals surface area (Å²) in [5.41, 5.74) is 1.18. The maximum atomic E-state index is 9.84. The number of rotatable bonds is 4. The summed E-state index contributed by atoms with van der Waals surface area (Å²) in [6, 6.07) is 3.90. The zero-order valence-corrected chi connectivity index (χ0v) is 14.1. The van der Waals surface area contributed by atoms with Crippen LogP contribution in [0.3, 0.4) is 0 Å². The van der Waals surface area contributed by atoms with Gasteiger partial charge in [0.15, 0.2) is 11.5 Å². The number of hydrogen-bond donors (Lipinski definition) is 1. The molecule has 1 heterocycles. The average Bonchev–Trinajstić information content (AvgIpc) is 2.43. The third-order valence-electron chi connectivity index (χ3n) is 4.29. The van der Waals surface area contributed by atoms with Gasteiger partial charge in [0.2, 0.25) is 0 Å². The summed E-state index contributed by atoms with van der Waals surface area (Å²) in [6.07, 6.45) is 2.57. The number of aromatic hydroxyl groups is 1. The maximum Gasteiger partial charge on any atom is 0.172 e. The Morgan fingerprint density at radius 3 is 2.55 bits per heavy atom. The van der Waals surface area contributed by atoms with Crippen LogP contribution in [0.2, 0.25) is 0 Å². The summed E-state index contributed by atoms with van der Waals surface area (Å²) in [5.74, 6) is 2.37. The Labute approximate surface area is 130 Å². The normalized spacial score (nSPS) is 17.6. The Morgan fingerprint density at radius 2 is 2.00 bits per heavy atom. The number of halogens is 1. The quantitative estimate of drug-likeness (QED) is 0.897. The molecule has 0 atom stereocenters. The van der Waals surface area contributed by atoms with E-state index in [2.05, 4.69) is 34.7 Å². The topological polar surface area (TPSA) is 32.7 Å². The Bertz CT molecular complexity index is 454. The van der Waals surface area contributed by atoms with Crippen molar-refractivity contribution in [2.24, 2.45) is 11.8 Å². The van der Waals surface area contributed by atoms with E-state index < -0.39 is 0 Å². The number of piperidine rings is 1. The van der Waals surface area contributed by atoms with Crippen LogP contribution in [0.15, 0.2) is 16.6 Å². The lowest BCUT2D eigenvalue weighted by atomic mass is 9.86. The predicted molar refractivity (Wildman–Crippen MR) is 85.2 cm³/mol. The van der Waals surface area contributed by atoms with Crippen molar-refractivity contribution in [3.8, 4) is 11.5 Å². The monoisotopic (exact) mass is 341 g/mol. The standard InChI is InChI=1S/C16H24BrNO2/c1-11(2)13-4-6-18(7-5-13)10-12-8-14(17)16(19)15(9-12)20-3/h8-9,11,13,19H,4-7,10H2,1-3H3. The van der Waals surface area contributed by atoms with Gasteiger partial charge in [0.05, 0.1) is 11.6 Å². The molecular formula is C16H24BrNO2. The molecule has 0 unspecified atom stereocenters. The van der Waals surface area contributed by atoms with E-state index >= 15 is 0 Å². The number of methoxy groups -OCH3 is 1. The molecule has 1 fully saturated rings. The van der Waals surface area contributed by atoms with Crippen molar-refractivity contribution < 1.29 is 9.84 Å². The van der Waals surface area contributed by atoms with Crippen molar-refractivity contribution in [1.29, 1.82) is 0 Å². The highest BCUT2D eigenvalue weighted by molar-refractivity contribution is 9.10. The minimum absolute atomic E-state index is 0.176. The lowest BCUT2D eigenvalue weighted by molar-refractivity contribution is 0.152. The first-order chi connectivity index (χ1) is 9.51. The van der Waals surface area contributed by atoms with Gasteiger partial charge in [-0.05, 0) is 71.4 Å². The van der Waals surface area contributed by atoms with Crippen molar-refractivity contribution in [3.05, 3.63) is 22.2 Å². The summed E-state index contributed by atoms with van der Waals surface area (Å²) >= 11 is 3.38. The van der Waals surface area contributed by atoms with Gasteiger partial charge < -0.3 is 9.84 Å². The van der Waals surface area contributed by atoms with Gasteiger partial charge in [0, 0.05) is 6.54 Å². The highest BCUT2D eigenvalue weighted by Crippen LogP contribution is 2.36. The van der Waals surface area contributed by atoms with E-state index in [4.69, 9.17) is 4.74 Å². The summed E-state index contributed by atoms with van der Waals surface area (Å²) in [6.45, 7) is 7.87. The van der Waals surface area contributed by atoms with Gasteiger partial charge >= 0.3 is 0 Å². The first-order valence-electron chi connectivity index (χ1n) is 7.29. The molecule has 1 aliphatic rings. The van der Waals surface area contributed by atoms with Gasteiger partial charge in [0.1, 0.15) is 0 Å². The van der Waals surface area contributed by atoms with Crippen molar-refractivity contribution in [2.75, 3.05) is 20.2 Å². The minimum atomic E-state index is 0.176. The second-order valence-corrected chi connectivity index (χ2v) is 6.84. The zero-order valence-electron chi connectivity index (χ0n) is 12.5.